The van der Waals surface area contributed by atoms with Crippen LogP contribution in [0.3, 0.4) is 0 Å². The molecule has 0 saturated heterocycles. The molecule has 124 valence electrons. The van der Waals surface area contributed by atoms with Crippen LogP contribution in [0.15, 0.2) is 29.1 Å². The predicted octanol–water partition coefficient (Wildman–Crippen LogP) is 1.33. The molecule has 24 heavy (non-hydrogen) atoms. The molecule has 8 heteroatoms. The summed E-state index contributed by atoms with van der Waals surface area (Å²) in [7, 11) is 0. The van der Waals surface area contributed by atoms with Crippen molar-refractivity contribution in [3.8, 4) is 5.75 Å². The lowest BCUT2D eigenvalue weighted by molar-refractivity contribution is 0.308. The highest BCUT2D eigenvalue weighted by Gasteiger charge is 2.14. The Balaban J connectivity index is 1.86. The Hall–Kier alpha value is -3.03. The first kappa shape index (κ1) is 14.6. The first-order valence-corrected chi connectivity index (χ1v) is 7.92. The Morgan fingerprint density at radius 2 is 2.17 bits per heavy atom. The van der Waals surface area contributed by atoms with Gasteiger partial charge in [0.15, 0.2) is 11.5 Å². The van der Waals surface area contributed by atoms with Crippen LogP contribution in [-0.4, -0.2) is 32.7 Å². The molecule has 1 aromatic carbocycles. The van der Waals surface area contributed by atoms with Crippen molar-refractivity contribution in [2.75, 3.05) is 24.2 Å². The second-order valence-corrected chi connectivity index (χ2v) is 5.78. The van der Waals surface area contributed by atoms with Crippen LogP contribution in [0.4, 0.5) is 11.8 Å². The van der Waals surface area contributed by atoms with E-state index in [2.05, 4.69) is 20.3 Å². The maximum atomic E-state index is 12.3. The molecule has 0 unspecified atom stereocenters. The van der Waals surface area contributed by atoms with Crippen molar-refractivity contribution in [3.63, 3.8) is 0 Å². The third-order valence-electron chi connectivity index (χ3n) is 4.01. The zero-order chi connectivity index (χ0) is 16.5. The van der Waals surface area contributed by atoms with Crippen molar-refractivity contribution in [1.82, 2.24) is 19.5 Å². The first-order chi connectivity index (χ1) is 11.7. The monoisotopic (exact) mass is 326 g/mol. The quantitative estimate of drug-likeness (QED) is 0.575. The molecule has 0 atom stereocenters. The Bertz CT molecular complexity index is 945. The molecule has 3 aromatic rings. The highest BCUT2D eigenvalue weighted by Crippen LogP contribution is 2.19. The molecule has 1 aliphatic rings. The number of H-pyrrole nitrogens is 1. The van der Waals surface area contributed by atoms with Gasteiger partial charge in [0.05, 0.1) is 13.2 Å². The minimum Gasteiger partial charge on any atom is -0.494 e. The fourth-order valence-electron chi connectivity index (χ4n) is 2.81. The van der Waals surface area contributed by atoms with E-state index in [9.17, 15) is 4.79 Å². The second kappa shape index (κ2) is 5.88. The molecule has 4 N–H and O–H groups in total. The van der Waals surface area contributed by atoms with Crippen molar-refractivity contribution >= 4 is 22.9 Å². The first-order valence-electron chi connectivity index (χ1n) is 7.92. The fourth-order valence-corrected chi connectivity index (χ4v) is 2.81. The molecule has 1 aliphatic heterocycles. The van der Waals surface area contributed by atoms with E-state index >= 15 is 0 Å². The van der Waals surface area contributed by atoms with Gasteiger partial charge in [-0.05, 0) is 30.5 Å². The third kappa shape index (κ3) is 2.66. The van der Waals surface area contributed by atoms with Gasteiger partial charge in [-0.1, -0.05) is 12.1 Å². The summed E-state index contributed by atoms with van der Waals surface area (Å²) in [5, 5.41) is 3.15. The van der Waals surface area contributed by atoms with Crippen LogP contribution in [0.2, 0.25) is 0 Å². The summed E-state index contributed by atoms with van der Waals surface area (Å²) in [5.41, 5.74) is 7.63. The van der Waals surface area contributed by atoms with Gasteiger partial charge in [-0.25, -0.2) is 4.79 Å². The van der Waals surface area contributed by atoms with Gasteiger partial charge in [0.2, 0.25) is 5.95 Å². The van der Waals surface area contributed by atoms with E-state index in [-0.39, 0.29) is 11.5 Å². The summed E-state index contributed by atoms with van der Waals surface area (Å²) in [6.45, 7) is 1.73. The summed E-state index contributed by atoms with van der Waals surface area (Å²) >= 11 is 0. The summed E-state index contributed by atoms with van der Waals surface area (Å²) in [6, 6.07) is 7.74. The fraction of sp³-hybridized carbons (Fsp3) is 0.312. The van der Waals surface area contributed by atoms with E-state index in [1.165, 1.54) is 0 Å². The van der Waals surface area contributed by atoms with Gasteiger partial charge < -0.3 is 20.8 Å². The number of nitrogens with two attached hydrogens (primary N) is 1. The number of imidazole rings is 1. The van der Waals surface area contributed by atoms with Crippen molar-refractivity contribution in [2.24, 2.45) is 0 Å². The molecule has 8 nitrogen and oxygen atoms in total. The molecule has 4 rings (SSSR count). The average Bonchev–Trinajstić information content (AvgIpc) is 2.88. The normalized spacial score (nSPS) is 14.8. The number of nitrogens with one attached hydrogen (secondary N) is 2. The van der Waals surface area contributed by atoms with Crippen LogP contribution in [-0.2, 0) is 6.54 Å². The van der Waals surface area contributed by atoms with Crippen molar-refractivity contribution in [1.29, 1.82) is 0 Å². The zero-order valence-corrected chi connectivity index (χ0v) is 13.1. The van der Waals surface area contributed by atoms with Gasteiger partial charge in [-0.2, -0.15) is 9.97 Å². The number of rotatable bonds is 0. The Morgan fingerprint density at radius 1 is 1.25 bits per heavy atom. The number of fused-ring (bicyclic) bond motifs is 3. The van der Waals surface area contributed by atoms with Gasteiger partial charge >= 0.3 is 5.69 Å². The number of aromatic nitrogens is 4. The maximum absolute atomic E-state index is 12.3. The Morgan fingerprint density at radius 3 is 3.08 bits per heavy atom. The number of hydrogen-bond acceptors (Lipinski definition) is 6. The zero-order valence-electron chi connectivity index (χ0n) is 13.1. The molecule has 0 radical (unpaired) electrons. The molecular weight excluding hydrogens is 308 g/mol. The number of benzene rings is 1. The van der Waals surface area contributed by atoms with E-state index in [1.54, 1.807) is 4.57 Å². The Labute approximate surface area is 137 Å². The van der Waals surface area contributed by atoms with Crippen molar-refractivity contribution in [2.45, 2.75) is 19.4 Å². The molecule has 0 amide bonds. The Kier molecular flexibility index (Phi) is 3.56. The predicted molar refractivity (Wildman–Crippen MR) is 91.3 cm³/mol. The summed E-state index contributed by atoms with van der Waals surface area (Å²) < 4.78 is 7.33. The number of hydrogen-bond donors (Lipinski definition) is 3. The van der Waals surface area contributed by atoms with Gasteiger partial charge in [0.25, 0.3) is 0 Å². The lowest BCUT2D eigenvalue weighted by Crippen LogP contribution is -2.18. The standard InChI is InChI=1S/C16H18N6O2/c17-13-12-14-21-15(20-13)18-6-1-2-7-24-11-5-3-4-10(8-11)9-22(14)16(23)19-12/h3-5,8H,1-2,6-7,9H2,(H,19,23)(H3,17,18,20,21). The lowest BCUT2D eigenvalue weighted by Gasteiger charge is -2.11. The number of nitrogen functional groups attached to an aromatic ring is 1. The number of nitrogens with zero attached hydrogens (tertiary/aromatic N) is 3. The van der Waals surface area contributed by atoms with E-state index in [4.69, 9.17) is 10.5 Å². The number of anilines is 2. The molecule has 3 heterocycles. The van der Waals surface area contributed by atoms with Crippen molar-refractivity contribution < 1.29 is 4.74 Å². The van der Waals surface area contributed by atoms with Gasteiger partial charge in [0, 0.05) is 6.54 Å². The highest BCUT2D eigenvalue weighted by atomic mass is 16.5. The van der Waals surface area contributed by atoms with E-state index in [0.717, 1.165) is 24.2 Å². The molecule has 0 aliphatic carbocycles. The number of ether oxygens (including phenoxy) is 1. The molecule has 0 spiro atoms. The maximum Gasteiger partial charge on any atom is 0.328 e. The van der Waals surface area contributed by atoms with Gasteiger partial charge in [-0.15, -0.1) is 0 Å². The molecule has 0 saturated carbocycles. The highest BCUT2D eigenvalue weighted by molar-refractivity contribution is 5.82. The van der Waals surface area contributed by atoms with Crippen LogP contribution in [0.5, 0.6) is 5.75 Å². The SMILES string of the molecule is Nc1nc2nc3c1[nH]c(=O)n3Cc1cccc(c1)OCCCCN2. The summed E-state index contributed by atoms with van der Waals surface area (Å²) in [5.74, 6) is 1.50. The van der Waals surface area contributed by atoms with Crippen LogP contribution < -0.4 is 21.5 Å². The minimum atomic E-state index is -0.262. The van der Waals surface area contributed by atoms with E-state index < -0.39 is 0 Å². The average molecular weight is 326 g/mol. The smallest absolute Gasteiger partial charge is 0.328 e. The molecular formula is C16H18N6O2. The van der Waals surface area contributed by atoms with Crippen LogP contribution in [0, 0.1) is 0 Å². The minimum absolute atomic E-state index is 0.262. The van der Waals surface area contributed by atoms with Crippen molar-refractivity contribution in [3.05, 3.63) is 40.3 Å². The molecule has 2 aromatic heterocycles. The summed E-state index contributed by atoms with van der Waals surface area (Å²) in [6.07, 6.45) is 1.84. The number of aromatic amines is 1. The van der Waals surface area contributed by atoms with E-state index in [0.29, 0.717) is 36.8 Å². The third-order valence-corrected chi connectivity index (χ3v) is 4.01. The topological polar surface area (TPSA) is 111 Å². The summed E-state index contributed by atoms with van der Waals surface area (Å²) in [4.78, 5) is 23.7. The van der Waals surface area contributed by atoms with E-state index in [1.807, 2.05) is 24.3 Å². The lowest BCUT2D eigenvalue weighted by atomic mass is 10.2. The van der Waals surface area contributed by atoms with Crippen LogP contribution in [0.1, 0.15) is 18.4 Å². The molecule has 4 bridgehead atoms. The largest absolute Gasteiger partial charge is 0.494 e. The second-order valence-electron chi connectivity index (χ2n) is 5.78. The van der Waals surface area contributed by atoms with Crippen LogP contribution in [0.25, 0.3) is 11.2 Å². The molecule has 0 fully saturated rings. The van der Waals surface area contributed by atoms with Gasteiger partial charge in [-0.3, -0.25) is 4.57 Å². The van der Waals surface area contributed by atoms with Gasteiger partial charge in [0.1, 0.15) is 11.3 Å². The van der Waals surface area contributed by atoms with Crippen LogP contribution >= 0.6 is 0 Å².